The van der Waals surface area contributed by atoms with E-state index in [9.17, 15) is 0 Å². The van der Waals surface area contributed by atoms with Gasteiger partial charge in [-0.25, -0.2) is 0 Å². The molecule has 0 N–H and O–H groups in total. The molecule has 0 amide bonds. The van der Waals surface area contributed by atoms with Crippen molar-refractivity contribution < 1.29 is 4.74 Å². The topological polar surface area (TPSA) is 17.4 Å². The fourth-order valence-electron chi connectivity index (χ4n) is 3.47. The van der Waals surface area contributed by atoms with Crippen molar-refractivity contribution in [1.29, 1.82) is 0 Å². The number of benzene rings is 2. The Hall–Kier alpha value is -2.36. The van der Waals surface area contributed by atoms with Gasteiger partial charge in [-0.2, -0.15) is 0 Å². The van der Waals surface area contributed by atoms with Crippen molar-refractivity contribution in [2.24, 2.45) is 0 Å². The molecule has 0 radical (unpaired) electrons. The van der Waals surface area contributed by atoms with Crippen molar-refractivity contribution in [1.82, 2.24) is 9.47 Å². The van der Waals surface area contributed by atoms with Crippen molar-refractivity contribution in [3.63, 3.8) is 0 Å². The highest BCUT2D eigenvalue weighted by atomic mass is 16.5. The van der Waals surface area contributed by atoms with Crippen LogP contribution in [0.25, 0.3) is 0 Å². The highest BCUT2D eigenvalue weighted by molar-refractivity contribution is 5.23. The number of nitrogens with zero attached hydrogens (tertiary/aromatic N) is 2. The Morgan fingerprint density at radius 1 is 0.889 bits per heavy atom. The largest absolute Gasteiger partial charge is 0.385 e. The molecule has 0 unspecified atom stereocenters. The first-order chi connectivity index (χ1) is 13.2. The van der Waals surface area contributed by atoms with E-state index in [1.807, 2.05) is 0 Å². The second kappa shape index (κ2) is 10.1. The van der Waals surface area contributed by atoms with Gasteiger partial charge in [-0.05, 0) is 36.6 Å². The van der Waals surface area contributed by atoms with Gasteiger partial charge in [-0.15, -0.1) is 0 Å². The molecule has 3 nitrogen and oxygen atoms in total. The average molecular weight is 363 g/mol. The van der Waals surface area contributed by atoms with Gasteiger partial charge in [-0.1, -0.05) is 60.2 Å². The van der Waals surface area contributed by atoms with E-state index in [0.29, 0.717) is 0 Å². The van der Waals surface area contributed by atoms with Crippen LogP contribution in [0.15, 0.2) is 72.9 Å². The van der Waals surface area contributed by atoms with E-state index in [1.54, 1.807) is 7.11 Å². The number of aryl methyl sites for hydroxylation is 1. The van der Waals surface area contributed by atoms with E-state index in [1.165, 1.54) is 22.4 Å². The summed E-state index contributed by atoms with van der Waals surface area (Å²) >= 11 is 0. The second-order valence-electron chi connectivity index (χ2n) is 7.16. The Labute approximate surface area is 163 Å². The zero-order valence-corrected chi connectivity index (χ0v) is 16.5. The van der Waals surface area contributed by atoms with Gasteiger partial charge in [0.1, 0.15) is 0 Å². The van der Waals surface area contributed by atoms with Crippen LogP contribution in [0.5, 0.6) is 0 Å². The highest BCUT2D eigenvalue weighted by Gasteiger charge is 2.10. The molecule has 0 saturated carbocycles. The van der Waals surface area contributed by atoms with Crippen molar-refractivity contribution in [3.05, 3.63) is 95.3 Å². The first kappa shape index (κ1) is 19.4. The minimum absolute atomic E-state index is 0.801. The Morgan fingerprint density at radius 3 is 2.48 bits per heavy atom. The summed E-state index contributed by atoms with van der Waals surface area (Å²) in [4.78, 5) is 2.51. The van der Waals surface area contributed by atoms with Gasteiger partial charge in [0.15, 0.2) is 0 Å². The van der Waals surface area contributed by atoms with E-state index in [-0.39, 0.29) is 0 Å². The quantitative estimate of drug-likeness (QED) is 0.478. The molecule has 27 heavy (non-hydrogen) atoms. The minimum Gasteiger partial charge on any atom is -0.385 e. The summed E-state index contributed by atoms with van der Waals surface area (Å²) in [6.07, 6.45) is 3.23. The Kier molecular flexibility index (Phi) is 7.26. The molecule has 3 heteroatoms. The average Bonchev–Trinajstić information content (AvgIpc) is 3.09. The van der Waals surface area contributed by atoms with E-state index < -0.39 is 0 Å². The summed E-state index contributed by atoms with van der Waals surface area (Å²) in [6.45, 7) is 6.80. The van der Waals surface area contributed by atoms with Crippen molar-refractivity contribution in [2.45, 2.75) is 33.0 Å². The van der Waals surface area contributed by atoms with Crippen LogP contribution < -0.4 is 0 Å². The summed E-state index contributed by atoms with van der Waals surface area (Å²) in [5, 5.41) is 0. The Balaban J connectivity index is 1.70. The smallest absolute Gasteiger partial charge is 0.0474 e. The number of hydrogen-bond acceptors (Lipinski definition) is 2. The zero-order chi connectivity index (χ0) is 18.9. The normalized spacial score (nSPS) is 11.2. The number of aromatic nitrogens is 1. The molecule has 0 aliphatic rings. The van der Waals surface area contributed by atoms with Crippen LogP contribution in [0.2, 0.25) is 0 Å². The molecule has 3 aromatic rings. The van der Waals surface area contributed by atoms with E-state index in [0.717, 1.165) is 39.2 Å². The maximum Gasteiger partial charge on any atom is 0.0474 e. The number of ether oxygens (including phenoxy) is 1. The third kappa shape index (κ3) is 6.09. The lowest BCUT2D eigenvalue weighted by molar-refractivity contribution is 0.165. The summed E-state index contributed by atoms with van der Waals surface area (Å²) < 4.78 is 7.62. The molecule has 0 spiro atoms. The van der Waals surface area contributed by atoms with Gasteiger partial charge >= 0.3 is 0 Å². The van der Waals surface area contributed by atoms with Crippen LogP contribution in [0.3, 0.4) is 0 Å². The molecule has 3 rings (SSSR count). The molecule has 142 valence electrons. The fraction of sp³-hybridized carbons (Fsp3) is 0.333. The molecule has 2 aromatic carbocycles. The lowest BCUT2D eigenvalue weighted by Crippen LogP contribution is -2.26. The van der Waals surface area contributed by atoms with E-state index in [2.05, 4.69) is 89.3 Å². The van der Waals surface area contributed by atoms with Crippen LogP contribution in [0.1, 0.15) is 28.8 Å². The van der Waals surface area contributed by atoms with Crippen LogP contribution in [-0.4, -0.2) is 29.7 Å². The maximum atomic E-state index is 5.26. The van der Waals surface area contributed by atoms with Crippen molar-refractivity contribution in [3.8, 4) is 0 Å². The van der Waals surface area contributed by atoms with Crippen LogP contribution in [0, 0.1) is 6.92 Å². The molecule has 0 saturated heterocycles. The highest BCUT2D eigenvalue weighted by Crippen LogP contribution is 2.14. The first-order valence-electron chi connectivity index (χ1n) is 9.69. The standard InChI is InChI=1S/C24H30N2O/c1-21-9-6-12-23(17-21)19-26-15-7-13-24(26)20-25(14-8-16-27-2)18-22-10-4-3-5-11-22/h3-7,9-13,15,17H,8,14,16,18-20H2,1-2H3. The van der Waals surface area contributed by atoms with Gasteiger partial charge < -0.3 is 9.30 Å². The third-order valence-corrected chi connectivity index (χ3v) is 4.82. The minimum atomic E-state index is 0.801. The van der Waals surface area contributed by atoms with E-state index >= 15 is 0 Å². The first-order valence-corrected chi connectivity index (χ1v) is 9.69. The van der Waals surface area contributed by atoms with E-state index in [4.69, 9.17) is 4.74 Å². The SMILES string of the molecule is COCCCN(Cc1ccccc1)Cc1cccn1Cc1cccc(C)c1. The predicted molar refractivity (Wildman–Crippen MR) is 112 cm³/mol. The number of methoxy groups -OCH3 is 1. The lowest BCUT2D eigenvalue weighted by atomic mass is 10.1. The van der Waals surface area contributed by atoms with Crippen molar-refractivity contribution in [2.75, 3.05) is 20.3 Å². The second-order valence-corrected chi connectivity index (χ2v) is 7.16. The Bertz CT molecular complexity index is 810. The van der Waals surface area contributed by atoms with Crippen LogP contribution in [0.4, 0.5) is 0 Å². The molecule has 0 atom stereocenters. The molecule has 0 aliphatic heterocycles. The lowest BCUT2D eigenvalue weighted by Gasteiger charge is -2.23. The van der Waals surface area contributed by atoms with Crippen LogP contribution >= 0.6 is 0 Å². The van der Waals surface area contributed by atoms with Crippen LogP contribution in [-0.2, 0) is 24.4 Å². The van der Waals surface area contributed by atoms with Gasteiger partial charge in [0.25, 0.3) is 0 Å². The fourth-order valence-corrected chi connectivity index (χ4v) is 3.47. The monoisotopic (exact) mass is 362 g/mol. The zero-order valence-electron chi connectivity index (χ0n) is 16.5. The summed E-state index contributed by atoms with van der Waals surface area (Å²) in [5.74, 6) is 0. The number of hydrogen-bond donors (Lipinski definition) is 0. The molecule has 0 aliphatic carbocycles. The molecule has 1 heterocycles. The summed E-state index contributed by atoms with van der Waals surface area (Å²) in [6, 6.07) is 23.9. The Morgan fingerprint density at radius 2 is 1.70 bits per heavy atom. The summed E-state index contributed by atoms with van der Waals surface area (Å²) in [7, 11) is 1.77. The van der Waals surface area contributed by atoms with Gasteiger partial charge in [0, 0.05) is 51.8 Å². The molecule has 0 fully saturated rings. The third-order valence-electron chi connectivity index (χ3n) is 4.82. The molecule has 0 bridgehead atoms. The van der Waals surface area contributed by atoms with Gasteiger partial charge in [0.05, 0.1) is 0 Å². The molecular formula is C24H30N2O. The van der Waals surface area contributed by atoms with Gasteiger partial charge in [-0.3, -0.25) is 4.90 Å². The maximum absolute atomic E-state index is 5.26. The van der Waals surface area contributed by atoms with Gasteiger partial charge in [0.2, 0.25) is 0 Å². The predicted octanol–water partition coefficient (Wildman–Crippen LogP) is 4.88. The number of rotatable bonds is 10. The molecule has 1 aromatic heterocycles. The van der Waals surface area contributed by atoms with Crippen molar-refractivity contribution >= 4 is 0 Å². The summed E-state index contributed by atoms with van der Waals surface area (Å²) in [5.41, 5.74) is 5.37. The molecular weight excluding hydrogens is 332 g/mol.